The van der Waals surface area contributed by atoms with Crippen LogP contribution < -0.4 is 9.64 Å². The van der Waals surface area contributed by atoms with Gasteiger partial charge in [0, 0.05) is 57.1 Å². The van der Waals surface area contributed by atoms with Crippen molar-refractivity contribution in [1.82, 2.24) is 19.2 Å². The molecule has 27 heavy (non-hydrogen) atoms. The van der Waals surface area contributed by atoms with Crippen LogP contribution in [-0.4, -0.2) is 66.0 Å². The van der Waals surface area contributed by atoms with Gasteiger partial charge in [-0.1, -0.05) is 12.1 Å². The Bertz CT molecular complexity index is 822. The second kappa shape index (κ2) is 6.99. The first-order chi connectivity index (χ1) is 13.0. The SMILES string of the molecule is COc1ccc([C@H]2[C@@H]3CN(c4nc(C)ns4)C[C@@H]3CN2C(=O)N(C)C)cc1. The fourth-order valence-corrected chi connectivity index (χ4v) is 4.99. The molecule has 8 heteroatoms. The number of benzene rings is 1. The Balaban J connectivity index is 1.63. The van der Waals surface area contributed by atoms with Crippen LogP contribution in [0.1, 0.15) is 17.4 Å². The molecule has 0 saturated carbocycles. The zero-order valence-electron chi connectivity index (χ0n) is 16.1. The van der Waals surface area contributed by atoms with Crippen LogP contribution in [0.2, 0.25) is 0 Å². The second-order valence-electron chi connectivity index (χ2n) is 7.50. The average Bonchev–Trinajstić information content (AvgIpc) is 3.34. The minimum absolute atomic E-state index is 0.0647. The summed E-state index contributed by atoms with van der Waals surface area (Å²) in [7, 11) is 5.30. The number of hydrogen-bond donors (Lipinski definition) is 0. The minimum atomic E-state index is 0.0647. The van der Waals surface area contributed by atoms with E-state index in [0.717, 1.165) is 41.9 Å². The third-order valence-electron chi connectivity index (χ3n) is 5.54. The molecule has 2 aromatic rings. The summed E-state index contributed by atoms with van der Waals surface area (Å²) in [5.74, 6) is 2.47. The van der Waals surface area contributed by atoms with Gasteiger partial charge in [-0.05, 0) is 24.6 Å². The Morgan fingerprint density at radius 2 is 1.96 bits per heavy atom. The summed E-state index contributed by atoms with van der Waals surface area (Å²) in [6.45, 7) is 4.51. The number of carbonyl (C=O) groups is 1. The summed E-state index contributed by atoms with van der Waals surface area (Å²) < 4.78 is 9.62. The van der Waals surface area contributed by atoms with Crippen LogP contribution in [0.5, 0.6) is 5.75 Å². The van der Waals surface area contributed by atoms with Crippen molar-refractivity contribution in [2.24, 2.45) is 11.8 Å². The van der Waals surface area contributed by atoms with Crippen molar-refractivity contribution in [3.05, 3.63) is 35.7 Å². The van der Waals surface area contributed by atoms with E-state index >= 15 is 0 Å². The van der Waals surface area contributed by atoms with Gasteiger partial charge in [0.2, 0.25) is 5.13 Å². The summed E-state index contributed by atoms with van der Waals surface area (Å²) >= 11 is 1.46. The highest BCUT2D eigenvalue weighted by Crippen LogP contribution is 2.46. The van der Waals surface area contributed by atoms with E-state index in [2.05, 4.69) is 26.4 Å². The molecule has 3 atom stereocenters. The number of fused-ring (bicyclic) bond motifs is 1. The van der Waals surface area contributed by atoms with Crippen LogP contribution in [0.3, 0.4) is 0 Å². The Hall–Kier alpha value is -2.35. The molecule has 1 aromatic heterocycles. The molecule has 4 rings (SSSR count). The minimum Gasteiger partial charge on any atom is -0.497 e. The van der Waals surface area contributed by atoms with Crippen LogP contribution >= 0.6 is 11.5 Å². The highest BCUT2D eigenvalue weighted by atomic mass is 32.1. The van der Waals surface area contributed by atoms with Gasteiger partial charge in [0.05, 0.1) is 13.2 Å². The molecule has 0 bridgehead atoms. The van der Waals surface area contributed by atoms with Gasteiger partial charge in [-0.2, -0.15) is 4.37 Å². The summed E-state index contributed by atoms with van der Waals surface area (Å²) in [5.41, 5.74) is 1.16. The van der Waals surface area contributed by atoms with Crippen LogP contribution in [0.15, 0.2) is 24.3 Å². The summed E-state index contributed by atoms with van der Waals surface area (Å²) in [6.07, 6.45) is 0. The Morgan fingerprint density at radius 3 is 2.56 bits per heavy atom. The molecule has 0 unspecified atom stereocenters. The van der Waals surface area contributed by atoms with Crippen LogP contribution in [0, 0.1) is 18.8 Å². The van der Waals surface area contributed by atoms with Gasteiger partial charge in [-0.3, -0.25) is 0 Å². The van der Waals surface area contributed by atoms with Gasteiger partial charge in [0.15, 0.2) is 0 Å². The smallest absolute Gasteiger partial charge is 0.320 e. The van der Waals surface area contributed by atoms with Crippen molar-refractivity contribution in [2.45, 2.75) is 13.0 Å². The monoisotopic (exact) mass is 387 g/mol. The molecular formula is C19H25N5O2S. The summed E-state index contributed by atoms with van der Waals surface area (Å²) in [5, 5.41) is 0.987. The molecule has 7 nitrogen and oxygen atoms in total. The number of likely N-dealkylation sites (tertiary alicyclic amines) is 1. The van der Waals surface area contributed by atoms with Gasteiger partial charge in [0.25, 0.3) is 0 Å². The number of aromatic nitrogens is 2. The number of carbonyl (C=O) groups excluding carboxylic acids is 1. The van der Waals surface area contributed by atoms with Gasteiger partial charge in [-0.25, -0.2) is 9.78 Å². The zero-order valence-corrected chi connectivity index (χ0v) is 16.9. The standard InChI is InChI=1S/C19H25N5O2S/c1-12-20-18(27-21-12)23-9-14-10-24(19(25)22(2)3)17(16(14)11-23)13-5-7-15(26-4)8-6-13/h5-8,14,16-17H,9-11H2,1-4H3/t14-,16-,17+/m1/s1. The van der Waals surface area contributed by atoms with E-state index in [4.69, 9.17) is 4.74 Å². The van der Waals surface area contributed by atoms with E-state index in [1.165, 1.54) is 11.5 Å². The average molecular weight is 388 g/mol. The normalized spacial score (nSPS) is 24.2. The summed E-state index contributed by atoms with van der Waals surface area (Å²) in [4.78, 5) is 23.4. The molecule has 0 aliphatic carbocycles. The van der Waals surface area contributed by atoms with Crippen LogP contribution in [0.25, 0.3) is 0 Å². The Morgan fingerprint density at radius 1 is 1.22 bits per heavy atom. The number of anilines is 1. The largest absolute Gasteiger partial charge is 0.497 e. The maximum absolute atomic E-state index is 12.8. The molecule has 0 spiro atoms. The number of rotatable bonds is 3. The predicted molar refractivity (Wildman–Crippen MR) is 105 cm³/mol. The van der Waals surface area contributed by atoms with Crippen LogP contribution in [0.4, 0.5) is 9.93 Å². The van der Waals surface area contributed by atoms with E-state index in [0.29, 0.717) is 11.8 Å². The lowest BCUT2D eigenvalue weighted by Crippen LogP contribution is -2.41. The quantitative estimate of drug-likeness (QED) is 0.810. The number of aryl methyl sites for hydroxylation is 1. The van der Waals surface area contributed by atoms with Crippen molar-refractivity contribution in [2.75, 3.05) is 45.7 Å². The van der Waals surface area contributed by atoms with E-state index in [1.54, 1.807) is 12.0 Å². The molecule has 144 valence electrons. The van der Waals surface area contributed by atoms with E-state index < -0.39 is 0 Å². The fourth-order valence-electron chi connectivity index (χ4n) is 4.30. The zero-order chi connectivity index (χ0) is 19.1. The molecule has 2 aliphatic heterocycles. The molecule has 2 saturated heterocycles. The van der Waals surface area contributed by atoms with Crippen molar-refractivity contribution in [1.29, 1.82) is 0 Å². The van der Waals surface area contributed by atoms with Gasteiger partial charge >= 0.3 is 6.03 Å². The first-order valence-electron chi connectivity index (χ1n) is 9.15. The Labute approximate surface area is 163 Å². The van der Waals surface area contributed by atoms with E-state index in [1.807, 2.05) is 38.1 Å². The lowest BCUT2D eigenvalue weighted by molar-refractivity contribution is 0.159. The highest BCUT2D eigenvalue weighted by molar-refractivity contribution is 7.09. The number of nitrogens with zero attached hydrogens (tertiary/aromatic N) is 5. The fraction of sp³-hybridized carbons (Fsp3) is 0.526. The van der Waals surface area contributed by atoms with Crippen LogP contribution in [-0.2, 0) is 0 Å². The predicted octanol–water partition coefficient (Wildman–Crippen LogP) is 2.65. The Kier molecular flexibility index (Phi) is 4.67. The van der Waals surface area contributed by atoms with Crippen molar-refractivity contribution in [3.63, 3.8) is 0 Å². The van der Waals surface area contributed by atoms with Crippen molar-refractivity contribution < 1.29 is 9.53 Å². The molecule has 2 fully saturated rings. The van der Waals surface area contributed by atoms with E-state index in [-0.39, 0.29) is 12.1 Å². The number of ether oxygens (including phenoxy) is 1. The molecule has 3 heterocycles. The maximum Gasteiger partial charge on any atom is 0.320 e. The second-order valence-corrected chi connectivity index (χ2v) is 8.23. The third-order valence-corrected chi connectivity index (χ3v) is 6.41. The molecule has 0 N–H and O–H groups in total. The molecule has 2 aliphatic rings. The lowest BCUT2D eigenvalue weighted by atomic mass is 9.89. The third kappa shape index (κ3) is 3.22. The highest BCUT2D eigenvalue weighted by Gasteiger charge is 2.50. The molecule has 1 aromatic carbocycles. The number of urea groups is 1. The first kappa shape index (κ1) is 18.0. The van der Waals surface area contributed by atoms with E-state index in [9.17, 15) is 4.79 Å². The molecule has 0 radical (unpaired) electrons. The molecular weight excluding hydrogens is 362 g/mol. The van der Waals surface area contributed by atoms with Gasteiger partial charge < -0.3 is 19.4 Å². The number of amides is 2. The van der Waals surface area contributed by atoms with Gasteiger partial charge in [-0.15, -0.1) is 0 Å². The topological polar surface area (TPSA) is 61.8 Å². The lowest BCUT2D eigenvalue weighted by Gasteiger charge is -2.31. The van der Waals surface area contributed by atoms with Gasteiger partial charge in [0.1, 0.15) is 11.6 Å². The number of methoxy groups -OCH3 is 1. The number of hydrogen-bond acceptors (Lipinski definition) is 6. The summed E-state index contributed by atoms with van der Waals surface area (Å²) in [6, 6.07) is 8.25. The maximum atomic E-state index is 12.8. The van der Waals surface area contributed by atoms with Crippen molar-refractivity contribution in [3.8, 4) is 5.75 Å². The molecule has 2 amide bonds. The first-order valence-corrected chi connectivity index (χ1v) is 9.92. The van der Waals surface area contributed by atoms with Crippen molar-refractivity contribution >= 4 is 22.7 Å².